The average molecular weight is 529 g/mol. The molecule has 1 amide bonds. The van der Waals surface area contributed by atoms with Crippen molar-refractivity contribution < 1.29 is 34.2 Å². The fraction of sp³-hybridized carbons (Fsp3) is 0.593. The molecule has 3 aliphatic rings. The van der Waals surface area contributed by atoms with Crippen LogP contribution < -0.4 is 16.0 Å². The van der Waals surface area contributed by atoms with Crippen molar-refractivity contribution in [1.82, 2.24) is 10.2 Å². The topological polar surface area (TPSA) is 170 Å². The lowest BCUT2D eigenvalue weighted by Gasteiger charge is -2.52. The maximum absolute atomic E-state index is 13.9. The highest BCUT2D eigenvalue weighted by molar-refractivity contribution is 6.32. The van der Waals surface area contributed by atoms with Crippen molar-refractivity contribution in [1.29, 1.82) is 0 Å². The Bertz CT molecular complexity index is 1240. The van der Waals surface area contributed by atoms with Crippen LogP contribution in [0.4, 0.5) is 5.69 Å². The number of aliphatic hydroxyl groups is 1. The molecule has 0 aliphatic heterocycles. The zero-order valence-electron chi connectivity index (χ0n) is 22.6. The van der Waals surface area contributed by atoms with Gasteiger partial charge in [-0.1, -0.05) is 13.8 Å². The molecule has 2 saturated carbocycles. The number of fused-ring (bicyclic) bond motifs is 3. The maximum atomic E-state index is 13.9. The van der Waals surface area contributed by atoms with E-state index in [0.717, 1.165) is 11.3 Å². The minimum atomic E-state index is -2.72. The van der Waals surface area contributed by atoms with Crippen LogP contribution in [0.5, 0.6) is 5.75 Å². The highest BCUT2D eigenvalue weighted by Crippen LogP contribution is 2.52. The Hall–Kier alpha value is -3.15. The number of nitrogens with zero attached hydrogens (tertiary/aromatic N) is 2. The highest BCUT2D eigenvalue weighted by atomic mass is 16.3. The molecule has 1 aromatic rings. The zero-order chi connectivity index (χ0) is 28.4. The molecule has 0 radical (unpaired) electrons. The van der Waals surface area contributed by atoms with Gasteiger partial charge in [0.05, 0.1) is 17.5 Å². The average Bonchev–Trinajstić information content (AvgIpc) is 2.79. The van der Waals surface area contributed by atoms with E-state index in [0.29, 0.717) is 12.1 Å². The quantitative estimate of drug-likeness (QED) is 0.351. The smallest absolute Gasteiger partial charge is 0.235 e. The molecule has 0 bridgehead atoms. The first-order valence-corrected chi connectivity index (χ1v) is 12.8. The van der Waals surface area contributed by atoms with E-state index in [1.54, 1.807) is 14.1 Å². The van der Waals surface area contributed by atoms with Crippen molar-refractivity contribution in [2.45, 2.75) is 50.9 Å². The van der Waals surface area contributed by atoms with Crippen LogP contribution in [0.3, 0.4) is 0 Å². The fourth-order valence-electron chi connectivity index (χ4n) is 6.73. The number of primary amides is 1. The zero-order valence-corrected chi connectivity index (χ0v) is 22.6. The van der Waals surface area contributed by atoms with Gasteiger partial charge < -0.3 is 26.2 Å². The van der Waals surface area contributed by atoms with Crippen molar-refractivity contribution in [3.8, 4) is 5.75 Å². The van der Waals surface area contributed by atoms with E-state index in [4.69, 9.17) is 5.73 Å². The number of phenols is 1. The standard InChI is InChI=1S/C27H36N4O7/c1-11(2)29-10-13-9-16(32)18-14(20(13)30(3)4)7-12-8-15-21(31(5)6)23(34)19(26(28)37)25(36)27(15,38)24(35)17(12)22(18)33/h9,11-12,15,17,19,21,29,32,38H,7-8,10H2,1-6H3,(H2,28,37)/t12-,15-,17?,19?,21-,27-/m0/s1. The number of hydrogen-bond donors (Lipinski definition) is 4. The number of carbonyl (C=O) groups excluding carboxylic acids is 5. The molecular formula is C27H36N4O7. The third-order valence-electron chi connectivity index (χ3n) is 8.26. The van der Waals surface area contributed by atoms with Crippen LogP contribution in [0.2, 0.25) is 0 Å². The normalized spacial score (nSPS) is 30.8. The van der Waals surface area contributed by atoms with Gasteiger partial charge in [-0.25, -0.2) is 0 Å². The summed E-state index contributed by atoms with van der Waals surface area (Å²) in [4.78, 5) is 69.7. The van der Waals surface area contributed by atoms with Gasteiger partial charge in [-0.2, -0.15) is 0 Å². The van der Waals surface area contributed by atoms with Gasteiger partial charge in [0.1, 0.15) is 5.75 Å². The molecule has 6 atom stereocenters. The van der Waals surface area contributed by atoms with Crippen molar-refractivity contribution in [2.24, 2.45) is 29.4 Å². The number of amides is 1. The summed E-state index contributed by atoms with van der Waals surface area (Å²) in [5.41, 5.74) is 4.74. The number of Topliss-reactive ketones (excluding diaryl/α,β-unsaturated/α-hetero) is 4. The number of benzene rings is 1. The van der Waals surface area contributed by atoms with Gasteiger partial charge in [0.15, 0.2) is 34.7 Å². The second kappa shape index (κ2) is 9.55. The van der Waals surface area contributed by atoms with E-state index in [-0.39, 0.29) is 30.2 Å². The number of hydrogen-bond acceptors (Lipinski definition) is 10. The van der Waals surface area contributed by atoms with Crippen LogP contribution in [-0.2, 0) is 32.1 Å². The minimum absolute atomic E-state index is 0.00593. The number of aromatic hydroxyl groups is 1. The molecule has 206 valence electrons. The molecule has 1 aromatic carbocycles. The van der Waals surface area contributed by atoms with Gasteiger partial charge in [-0.3, -0.25) is 28.9 Å². The van der Waals surface area contributed by atoms with Gasteiger partial charge in [0.25, 0.3) is 0 Å². The molecule has 5 N–H and O–H groups in total. The van der Waals surface area contributed by atoms with Crippen molar-refractivity contribution in [3.05, 3.63) is 22.8 Å². The van der Waals surface area contributed by atoms with Crippen molar-refractivity contribution in [3.63, 3.8) is 0 Å². The number of nitrogens with two attached hydrogens (primary N) is 1. The molecule has 2 unspecified atom stereocenters. The largest absolute Gasteiger partial charge is 0.507 e. The van der Waals surface area contributed by atoms with Crippen LogP contribution in [0.1, 0.15) is 41.8 Å². The summed E-state index contributed by atoms with van der Waals surface area (Å²) < 4.78 is 0. The van der Waals surface area contributed by atoms with Crippen LogP contribution in [0, 0.1) is 23.7 Å². The molecule has 11 nitrogen and oxygen atoms in total. The lowest BCUT2D eigenvalue weighted by molar-refractivity contribution is -0.181. The maximum Gasteiger partial charge on any atom is 0.235 e. The van der Waals surface area contributed by atoms with Gasteiger partial charge in [0.2, 0.25) is 5.91 Å². The van der Waals surface area contributed by atoms with E-state index < -0.39 is 64.4 Å². The molecule has 4 rings (SSSR count). The van der Waals surface area contributed by atoms with Crippen molar-refractivity contribution >= 4 is 34.7 Å². The first kappa shape index (κ1) is 27.9. The molecule has 0 heterocycles. The van der Waals surface area contributed by atoms with E-state index in [2.05, 4.69) is 5.32 Å². The first-order valence-electron chi connectivity index (χ1n) is 12.8. The highest BCUT2D eigenvalue weighted by Gasteiger charge is 2.69. The van der Waals surface area contributed by atoms with E-state index >= 15 is 0 Å². The number of nitrogens with one attached hydrogen (secondary N) is 1. The Kier molecular flexibility index (Phi) is 7.00. The Morgan fingerprint density at radius 2 is 1.79 bits per heavy atom. The Morgan fingerprint density at radius 3 is 2.32 bits per heavy atom. The molecule has 0 aromatic heterocycles. The third-order valence-corrected chi connectivity index (χ3v) is 8.26. The summed E-state index contributed by atoms with van der Waals surface area (Å²) in [6.07, 6.45) is 0.244. The van der Waals surface area contributed by atoms with Crippen LogP contribution in [-0.4, -0.2) is 90.0 Å². The summed E-state index contributed by atoms with van der Waals surface area (Å²) in [6, 6.07) is 0.554. The summed E-state index contributed by atoms with van der Waals surface area (Å²) in [5, 5.41) is 25.9. The monoisotopic (exact) mass is 528 g/mol. The predicted octanol–water partition coefficient (Wildman–Crippen LogP) is -0.569. The molecular weight excluding hydrogens is 492 g/mol. The van der Waals surface area contributed by atoms with Gasteiger partial charge in [-0.15, -0.1) is 0 Å². The summed E-state index contributed by atoms with van der Waals surface area (Å²) in [5.74, 6) is -10.4. The molecule has 0 spiro atoms. The van der Waals surface area contributed by atoms with E-state index in [9.17, 15) is 34.2 Å². The number of ketones is 4. The first-order chi connectivity index (χ1) is 17.6. The Balaban J connectivity index is 1.87. The lowest BCUT2D eigenvalue weighted by Crippen LogP contribution is -2.74. The number of likely N-dealkylation sites (N-methyl/N-ethyl adjacent to an activating group) is 1. The Morgan fingerprint density at radius 1 is 1.16 bits per heavy atom. The molecule has 0 saturated heterocycles. The summed E-state index contributed by atoms with van der Waals surface area (Å²) in [6.45, 7) is 4.43. The van der Waals surface area contributed by atoms with Crippen molar-refractivity contribution in [2.75, 3.05) is 33.1 Å². The second-order valence-corrected chi connectivity index (χ2v) is 11.5. The summed E-state index contributed by atoms with van der Waals surface area (Å²) >= 11 is 0. The summed E-state index contributed by atoms with van der Waals surface area (Å²) in [7, 11) is 6.78. The number of rotatable bonds is 6. The molecule has 2 fully saturated rings. The SMILES string of the molecule is CC(C)NCc1cc(O)c2c(c1N(C)C)C[C@H]1C[C@H]3[C@H](N(C)C)C(=O)C(C(N)=O)C(=O)[C@@]3(O)C(=O)C1C2=O. The second-order valence-electron chi connectivity index (χ2n) is 11.5. The fourth-order valence-corrected chi connectivity index (χ4v) is 6.73. The number of carbonyl (C=O) groups is 5. The third kappa shape index (κ3) is 3.95. The number of phenolic OH excluding ortho intramolecular Hbond substituents is 1. The molecule has 3 aliphatic carbocycles. The van der Waals surface area contributed by atoms with Crippen LogP contribution in [0.25, 0.3) is 0 Å². The minimum Gasteiger partial charge on any atom is -0.507 e. The Labute approximate surface area is 221 Å². The van der Waals surface area contributed by atoms with E-state index in [1.807, 2.05) is 32.8 Å². The molecule has 11 heteroatoms. The predicted molar refractivity (Wildman–Crippen MR) is 138 cm³/mol. The van der Waals surface area contributed by atoms with Gasteiger partial charge in [0, 0.05) is 38.3 Å². The van der Waals surface area contributed by atoms with Gasteiger partial charge in [-0.05, 0) is 50.0 Å². The lowest BCUT2D eigenvalue weighted by atomic mass is 9.52. The van der Waals surface area contributed by atoms with Crippen LogP contribution >= 0.6 is 0 Å². The molecule has 38 heavy (non-hydrogen) atoms. The van der Waals surface area contributed by atoms with Gasteiger partial charge >= 0.3 is 0 Å². The van der Waals surface area contributed by atoms with Crippen LogP contribution in [0.15, 0.2) is 6.07 Å². The number of anilines is 1. The van der Waals surface area contributed by atoms with E-state index in [1.165, 1.54) is 11.0 Å².